The van der Waals surface area contributed by atoms with Crippen molar-refractivity contribution in [2.45, 2.75) is 124 Å². The molecule has 31 heteroatoms. The van der Waals surface area contributed by atoms with E-state index >= 15 is 0 Å². The second kappa shape index (κ2) is 40.2. The molecule has 5 aliphatic heterocycles. The van der Waals surface area contributed by atoms with Crippen LogP contribution in [0.4, 0.5) is 40.3 Å². The maximum Gasteiger partial charge on any atom is 0.257 e. The van der Waals surface area contributed by atoms with Gasteiger partial charge in [-0.15, -0.1) is 0 Å². The predicted octanol–water partition coefficient (Wildman–Crippen LogP) is 17.4. The molecule has 5 aliphatic rings. The molecule has 5 amide bonds. The number of hydrogen-bond donors (Lipinski definition) is 6. The van der Waals surface area contributed by atoms with E-state index in [4.69, 9.17) is 5.73 Å². The average Bonchev–Trinajstić information content (AvgIpc) is 1.62. The molecule has 4 aromatic heterocycles. The summed E-state index contributed by atoms with van der Waals surface area (Å²) in [6, 6.07) is 36.8. The van der Waals surface area contributed by atoms with Gasteiger partial charge >= 0.3 is 0 Å². The first kappa shape index (κ1) is 82.8. The number of nitrogens with two attached hydrogens (primary N) is 1. The van der Waals surface area contributed by atoms with Crippen LogP contribution in [0.2, 0.25) is 20.5 Å². The highest BCUT2D eigenvalue weighted by Crippen LogP contribution is 2.47. The molecular formula is C74H87B3Br2IN17O5P3. The number of hydrogen-bond acceptors (Lipinski definition) is 17. The Morgan fingerprint density at radius 2 is 0.819 bits per heavy atom. The number of nitrogen functional groups attached to an aromatic ring is 1. The lowest BCUT2D eigenvalue weighted by atomic mass is 9.95. The van der Waals surface area contributed by atoms with Gasteiger partial charge in [-0.3, -0.25) is 24.0 Å². The highest BCUT2D eigenvalue weighted by Gasteiger charge is 2.40. The van der Waals surface area contributed by atoms with Crippen molar-refractivity contribution in [2.75, 3.05) is 21.7 Å². The van der Waals surface area contributed by atoms with Crippen LogP contribution in [-0.2, 0) is 6.54 Å². The third kappa shape index (κ3) is 22.6. The average molecular weight is 1710 g/mol. The van der Waals surface area contributed by atoms with Crippen LogP contribution in [0.25, 0.3) is 0 Å². The van der Waals surface area contributed by atoms with E-state index in [1.165, 1.54) is 25.3 Å². The molecule has 0 bridgehead atoms. The molecule has 105 heavy (non-hydrogen) atoms. The first-order valence-electron chi connectivity index (χ1n) is 34.3. The number of halogens is 3. The van der Waals surface area contributed by atoms with Crippen molar-refractivity contribution in [2.24, 2.45) is 23.7 Å². The minimum atomic E-state index is 0.00675. The van der Waals surface area contributed by atoms with E-state index in [0.29, 0.717) is 55.3 Å². The molecule has 7 unspecified atom stereocenters. The van der Waals surface area contributed by atoms with Gasteiger partial charge in [0.2, 0.25) is 0 Å². The van der Waals surface area contributed by atoms with E-state index in [0.717, 1.165) is 110 Å². The Labute approximate surface area is 654 Å². The third-order valence-corrected chi connectivity index (χ3v) is 20.4. The molecular weight excluding hydrogens is 1620 g/mol. The third-order valence-electron chi connectivity index (χ3n) is 16.4. The summed E-state index contributed by atoms with van der Waals surface area (Å²) in [6.45, 7) is 34.2. The number of nitrogens with zero attached hydrogens (tertiary/aromatic N) is 11. The van der Waals surface area contributed by atoms with Gasteiger partial charge in [-0.1, -0.05) is 170 Å². The van der Waals surface area contributed by atoms with Crippen molar-refractivity contribution >= 4 is 171 Å². The van der Waals surface area contributed by atoms with Gasteiger partial charge in [-0.25, -0.2) is 39.9 Å². The van der Waals surface area contributed by atoms with Gasteiger partial charge in [-0.05, 0) is 167 Å². The van der Waals surface area contributed by atoms with E-state index < -0.39 is 0 Å². The van der Waals surface area contributed by atoms with Gasteiger partial charge in [-0.2, -0.15) is 0 Å². The SMILES string of the molecule is CC(C)C1NC(=O)c2ccc(Nc3ccncn3)cc21.CC(C)C1NC(=O)c2ccc(Nc3ccncn3)cc21.CC(C)I.C[B]PN1C(=O)c2ccc(Br)cc2C1C(C)C.C[B]PN1C(=O)c2ccc(Nc3ccncn3)cc2C1C(C)C.C[B]PN1Cc2cc(Br)ccc2C1=O.Nc1ccncn1. The molecule has 7 atom stereocenters. The predicted molar refractivity (Wildman–Crippen MR) is 446 cm³/mol. The number of rotatable bonds is 16. The fraction of sp³-hybridized carbons (Fsp3) is 0.311. The van der Waals surface area contributed by atoms with Gasteiger partial charge in [0.15, 0.2) is 21.0 Å². The number of aromatic nitrogens is 8. The Morgan fingerprint density at radius 1 is 0.457 bits per heavy atom. The summed E-state index contributed by atoms with van der Waals surface area (Å²) in [5.74, 6) is 4.69. The minimum absolute atomic E-state index is 0.00675. The fourth-order valence-corrected chi connectivity index (χ4v) is 15.8. The molecule has 0 spiro atoms. The smallest absolute Gasteiger partial charge is 0.257 e. The highest BCUT2D eigenvalue weighted by atomic mass is 127. The maximum atomic E-state index is 12.6. The number of carbonyl (C=O) groups is 5. The minimum Gasteiger partial charge on any atom is -0.384 e. The van der Waals surface area contributed by atoms with Gasteiger partial charge in [0.25, 0.3) is 29.5 Å². The number of nitrogens with one attached hydrogen (secondary N) is 5. The normalized spacial score (nSPS) is 16.3. The molecule has 14 rings (SSSR count). The number of carbonyl (C=O) groups excluding carboxylic acids is 5. The standard InChI is InChI=1S/C16H19BN4OP.2C15H16N4O.C12H15BBrNOP.C9H9BBrNOP.C4H5N3.C3H7I/c1-10(2)15-13-8-11(20-14-6-7-18-9-19-14)4-5-12(13)16(22)21(15)23-17-3;2*1-9(2)14-12-7-10(3-4-11(12)15(20)19-14)18-13-5-6-16-8-17-13;1-7(2)11-10-6-8(14)4-5-9(10)12(16)15(11)17-13-3;1-10-14-12-5-6-4-7(11)2-3-8(6)9(12)13;5-4-1-2-6-3-7-4;1-3(2)4/h4-10,15,23H,1-3H3,(H,18,19,20);2*3-9,14H,1-2H3,(H,19,20)(H,16,17,18);4-7,11,17H,1-3H3;2-4,14H,5H2,1H3;1-3H,(H2,5,6,7);3H,1-2H3. The first-order chi connectivity index (χ1) is 50.3. The van der Waals surface area contributed by atoms with Crippen molar-refractivity contribution in [1.82, 2.24) is 64.5 Å². The molecule has 543 valence electrons. The van der Waals surface area contributed by atoms with Crippen molar-refractivity contribution in [3.63, 3.8) is 0 Å². The first-order valence-corrected chi connectivity index (χ1v) is 40.2. The molecule has 5 aromatic carbocycles. The Morgan fingerprint density at radius 3 is 1.17 bits per heavy atom. The Kier molecular flexibility index (Phi) is 31.7. The van der Waals surface area contributed by atoms with Crippen molar-refractivity contribution in [3.8, 4) is 0 Å². The fourth-order valence-electron chi connectivity index (χ4n) is 12.0. The van der Waals surface area contributed by atoms with Crippen molar-refractivity contribution in [3.05, 3.63) is 230 Å². The zero-order valence-electron chi connectivity index (χ0n) is 60.9. The molecule has 22 nitrogen and oxygen atoms in total. The monoisotopic (exact) mass is 1700 g/mol. The molecule has 0 fully saturated rings. The summed E-state index contributed by atoms with van der Waals surface area (Å²) in [4.78, 5) is 92.0. The van der Waals surface area contributed by atoms with Crippen LogP contribution in [0.15, 0.2) is 174 Å². The van der Waals surface area contributed by atoms with Crippen LogP contribution in [0, 0.1) is 23.7 Å². The van der Waals surface area contributed by atoms with Crippen LogP contribution in [-0.4, -0.2) is 108 Å². The molecule has 7 N–H and O–H groups in total. The summed E-state index contributed by atoms with van der Waals surface area (Å²) in [5, 5.41) is 15.7. The van der Waals surface area contributed by atoms with Crippen LogP contribution in [0.5, 0.6) is 0 Å². The van der Waals surface area contributed by atoms with E-state index in [1.54, 1.807) is 43.0 Å². The largest absolute Gasteiger partial charge is 0.384 e. The van der Waals surface area contributed by atoms with Gasteiger partial charge < -0.3 is 46.3 Å². The Bertz CT molecular complexity index is 4290. The molecule has 9 heterocycles. The second-order valence-electron chi connectivity index (χ2n) is 26.0. The van der Waals surface area contributed by atoms with Crippen molar-refractivity contribution < 1.29 is 24.0 Å². The summed E-state index contributed by atoms with van der Waals surface area (Å²) in [6.07, 6.45) is 12.6. The van der Waals surface area contributed by atoms with Crippen LogP contribution in [0.3, 0.4) is 0 Å². The number of alkyl halides is 1. The molecule has 0 saturated carbocycles. The zero-order valence-corrected chi connectivity index (χ0v) is 69.2. The number of amides is 5. The van der Waals surface area contributed by atoms with Gasteiger partial charge in [0, 0.05) is 89.1 Å². The summed E-state index contributed by atoms with van der Waals surface area (Å²) in [5.41, 5.74) is 17.5. The summed E-state index contributed by atoms with van der Waals surface area (Å²) in [7, 11) is 1.35. The topological polar surface area (TPSA) is 284 Å². The summed E-state index contributed by atoms with van der Waals surface area (Å²) >= 11 is 9.24. The maximum absolute atomic E-state index is 12.6. The van der Waals surface area contributed by atoms with E-state index in [1.807, 2.05) is 126 Å². The van der Waals surface area contributed by atoms with Crippen molar-refractivity contribution in [1.29, 1.82) is 0 Å². The Balaban J connectivity index is 0.000000161. The van der Waals surface area contributed by atoms with Gasteiger partial charge in [0.1, 0.15) is 48.6 Å². The summed E-state index contributed by atoms with van der Waals surface area (Å²) < 4.78 is 8.72. The van der Waals surface area contributed by atoms with Crippen LogP contribution >= 0.6 is 80.3 Å². The van der Waals surface area contributed by atoms with Gasteiger partial charge in [0.05, 0.1) is 24.2 Å². The number of fused-ring (bicyclic) bond motifs is 5. The van der Waals surface area contributed by atoms with E-state index in [2.05, 4.69) is 216 Å². The molecule has 0 saturated heterocycles. The lowest BCUT2D eigenvalue weighted by molar-refractivity contribution is 0.0836. The van der Waals surface area contributed by atoms with E-state index in [-0.39, 0.29) is 53.7 Å². The molecule has 3 radical (unpaired) electrons. The van der Waals surface area contributed by atoms with Crippen LogP contribution < -0.4 is 32.3 Å². The highest BCUT2D eigenvalue weighted by molar-refractivity contribution is 14.1. The Hall–Kier alpha value is -7.86. The molecule has 9 aromatic rings. The lowest BCUT2D eigenvalue weighted by Crippen LogP contribution is -2.23. The second-order valence-corrected chi connectivity index (χ2v) is 34.3. The van der Waals surface area contributed by atoms with Crippen LogP contribution in [0.1, 0.15) is 173 Å². The number of anilines is 7. The zero-order chi connectivity index (χ0) is 76.0. The lowest BCUT2D eigenvalue weighted by Gasteiger charge is -2.28. The number of benzene rings is 5. The quantitative estimate of drug-likeness (QED) is 0.0227. The van der Waals surface area contributed by atoms with E-state index in [9.17, 15) is 24.0 Å². The molecule has 0 aliphatic carbocycles.